The number of nitrogens with zero attached hydrogens (tertiary/aromatic N) is 2. The van der Waals surface area contributed by atoms with Gasteiger partial charge in [-0.15, -0.1) is 0 Å². The van der Waals surface area contributed by atoms with Crippen LogP contribution in [0.2, 0.25) is 0 Å². The van der Waals surface area contributed by atoms with Crippen LogP contribution in [-0.2, 0) is 4.79 Å². The van der Waals surface area contributed by atoms with Gasteiger partial charge in [0.2, 0.25) is 0 Å². The Morgan fingerprint density at radius 3 is 2.20 bits per heavy atom. The minimum atomic E-state index is -0.948. The zero-order valence-corrected chi connectivity index (χ0v) is 6.46. The third-order valence-corrected chi connectivity index (χ3v) is 0.902. The highest BCUT2D eigenvalue weighted by atomic mass is 16.4. The van der Waals surface area contributed by atoms with Crippen LogP contribution in [0.3, 0.4) is 0 Å². The van der Waals surface area contributed by atoms with Crippen LogP contribution in [0.15, 0.2) is 5.10 Å². The van der Waals surface area contributed by atoms with Crippen LogP contribution in [0.25, 0.3) is 0 Å². The van der Waals surface area contributed by atoms with Crippen LogP contribution in [0.4, 0.5) is 0 Å². The molecule has 0 fully saturated rings. The maximum absolute atomic E-state index is 10.3. The molecule has 0 rings (SSSR count). The Labute approximate surface area is 60.1 Å². The lowest BCUT2D eigenvalue weighted by molar-refractivity contribution is -0.129. The van der Waals surface area contributed by atoms with Crippen LogP contribution < -0.4 is 0 Å². The molecule has 0 unspecified atom stereocenters. The Kier molecular flexibility index (Phi) is 3.46. The Morgan fingerprint density at radius 2 is 2.10 bits per heavy atom. The standard InChI is InChI=1S/C6H12N2O2/c1-4-5(6(9)10)7-8(2)3/h4H2,1-3H3,(H,9,10)/b7-5+. The highest BCUT2D eigenvalue weighted by Crippen LogP contribution is 1.87. The smallest absolute Gasteiger partial charge is 0.352 e. The lowest BCUT2D eigenvalue weighted by atomic mass is 10.3. The van der Waals surface area contributed by atoms with Gasteiger partial charge >= 0.3 is 5.97 Å². The SMILES string of the molecule is CC/C(=N\N(C)C)C(=O)O. The van der Waals surface area contributed by atoms with Gasteiger partial charge in [0.1, 0.15) is 5.71 Å². The van der Waals surface area contributed by atoms with Gasteiger partial charge in [-0.05, 0) is 6.42 Å². The molecular formula is C6H12N2O2. The molecule has 4 heteroatoms. The van der Waals surface area contributed by atoms with Crippen molar-refractivity contribution in [1.82, 2.24) is 5.01 Å². The van der Waals surface area contributed by atoms with E-state index in [-0.39, 0.29) is 5.71 Å². The minimum absolute atomic E-state index is 0.185. The summed E-state index contributed by atoms with van der Waals surface area (Å²) in [4.78, 5) is 10.3. The molecule has 1 N–H and O–H groups in total. The average molecular weight is 144 g/mol. The van der Waals surface area contributed by atoms with Gasteiger partial charge in [0.25, 0.3) is 0 Å². The van der Waals surface area contributed by atoms with Crippen molar-refractivity contribution in [2.75, 3.05) is 14.1 Å². The molecule has 0 saturated carbocycles. The molecule has 0 aromatic carbocycles. The van der Waals surface area contributed by atoms with E-state index in [0.717, 1.165) is 0 Å². The molecule has 10 heavy (non-hydrogen) atoms. The molecule has 0 heterocycles. The summed E-state index contributed by atoms with van der Waals surface area (Å²) in [6.07, 6.45) is 0.452. The summed E-state index contributed by atoms with van der Waals surface area (Å²) < 4.78 is 0. The van der Waals surface area contributed by atoms with E-state index in [9.17, 15) is 4.79 Å². The molecule has 0 radical (unpaired) electrons. The first kappa shape index (κ1) is 8.94. The third-order valence-electron chi connectivity index (χ3n) is 0.902. The summed E-state index contributed by atoms with van der Waals surface area (Å²) >= 11 is 0. The van der Waals surface area contributed by atoms with Crippen molar-refractivity contribution >= 4 is 11.7 Å². The van der Waals surface area contributed by atoms with Gasteiger partial charge in [-0.25, -0.2) is 4.79 Å². The quantitative estimate of drug-likeness (QED) is 0.460. The second-order valence-corrected chi connectivity index (χ2v) is 2.05. The van der Waals surface area contributed by atoms with Gasteiger partial charge in [-0.3, -0.25) is 0 Å². The van der Waals surface area contributed by atoms with E-state index in [0.29, 0.717) is 6.42 Å². The summed E-state index contributed by atoms with van der Waals surface area (Å²) in [5.41, 5.74) is 0.185. The number of carbonyl (C=O) groups is 1. The fraction of sp³-hybridized carbons (Fsp3) is 0.667. The lowest BCUT2D eigenvalue weighted by Crippen LogP contribution is -2.16. The number of carboxylic acid groups (broad SMARTS) is 1. The summed E-state index contributed by atoms with van der Waals surface area (Å²) in [5.74, 6) is -0.948. The number of rotatable bonds is 3. The summed E-state index contributed by atoms with van der Waals surface area (Å²) in [6, 6.07) is 0. The number of hydrogen-bond donors (Lipinski definition) is 1. The van der Waals surface area contributed by atoms with Gasteiger partial charge < -0.3 is 10.1 Å². The van der Waals surface area contributed by atoms with Crippen molar-refractivity contribution in [3.05, 3.63) is 0 Å². The second kappa shape index (κ2) is 3.87. The number of hydrogen-bond acceptors (Lipinski definition) is 3. The third kappa shape index (κ3) is 3.06. The fourth-order valence-electron chi connectivity index (χ4n) is 0.506. The first-order chi connectivity index (χ1) is 4.57. The average Bonchev–Trinajstić information content (AvgIpc) is 1.81. The molecule has 0 saturated heterocycles. The van der Waals surface area contributed by atoms with E-state index in [1.807, 2.05) is 0 Å². The predicted molar refractivity (Wildman–Crippen MR) is 39.0 cm³/mol. The largest absolute Gasteiger partial charge is 0.477 e. The highest BCUT2D eigenvalue weighted by molar-refractivity contribution is 6.35. The van der Waals surface area contributed by atoms with Crippen LogP contribution in [0, 0.1) is 0 Å². The Bertz CT molecular complexity index is 152. The van der Waals surface area contributed by atoms with Gasteiger partial charge in [0, 0.05) is 14.1 Å². The molecule has 0 atom stereocenters. The number of carboxylic acids is 1. The molecule has 0 bridgehead atoms. The molecule has 0 aromatic heterocycles. The van der Waals surface area contributed by atoms with E-state index in [1.165, 1.54) is 5.01 Å². The van der Waals surface area contributed by atoms with Gasteiger partial charge in [-0.2, -0.15) is 5.10 Å². The van der Waals surface area contributed by atoms with Crippen molar-refractivity contribution in [2.45, 2.75) is 13.3 Å². The Balaban J connectivity index is 4.19. The maximum Gasteiger partial charge on any atom is 0.352 e. The van der Waals surface area contributed by atoms with Gasteiger partial charge in [0.15, 0.2) is 0 Å². The topological polar surface area (TPSA) is 52.9 Å². The first-order valence-corrected chi connectivity index (χ1v) is 3.06. The molecule has 0 aliphatic carbocycles. The highest BCUT2D eigenvalue weighted by Gasteiger charge is 2.05. The van der Waals surface area contributed by atoms with E-state index >= 15 is 0 Å². The van der Waals surface area contributed by atoms with Crippen LogP contribution in [-0.4, -0.2) is 35.9 Å². The number of hydrazone groups is 1. The number of aliphatic carboxylic acids is 1. The van der Waals surface area contributed by atoms with E-state index in [4.69, 9.17) is 5.11 Å². The predicted octanol–water partition coefficient (Wildman–Crippen LogP) is 0.399. The Hall–Kier alpha value is -1.06. The second-order valence-electron chi connectivity index (χ2n) is 2.05. The van der Waals surface area contributed by atoms with Crippen molar-refractivity contribution in [3.63, 3.8) is 0 Å². The normalized spacial score (nSPS) is 11.3. The molecule has 0 aliphatic heterocycles. The minimum Gasteiger partial charge on any atom is -0.477 e. The van der Waals surface area contributed by atoms with Crippen molar-refractivity contribution < 1.29 is 9.90 Å². The van der Waals surface area contributed by atoms with Crippen molar-refractivity contribution in [2.24, 2.45) is 5.10 Å². The maximum atomic E-state index is 10.3. The molecule has 0 amide bonds. The monoisotopic (exact) mass is 144 g/mol. The molecule has 0 spiro atoms. The lowest BCUT2D eigenvalue weighted by Gasteiger charge is -2.04. The molecule has 4 nitrogen and oxygen atoms in total. The molecule has 58 valence electrons. The molecular weight excluding hydrogens is 132 g/mol. The van der Waals surface area contributed by atoms with Crippen LogP contribution in [0.1, 0.15) is 13.3 Å². The van der Waals surface area contributed by atoms with Gasteiger partial charge in [-0.1, -0.05) is 6.92 Å². The fourth-order valence-corrected chi connectivity index (χ4v) is 0.506. The van der Waals surface area contributed by atoms with Crippen molar-refractivity contribution in [1.29, 1.82) is 0 Å². The van der Waals surface area contributed by atoms with E-state index in [1.54, 1.807) is 21.0 Å². The van der Waals surface area contributed by atoms with Crippen LogP contribution >= 0.6 is 0 Å². The summed E-state index contributed by atoms with van der Waals surface area (Å²) in [7, 11) is 3.39. The van der Waals surface area contributed by atoms with Gasteiger partial charge in [0.05, 0.1) is 0 Å². The first-order valence-electron chi connectivity index (χ1n) is 3.06. The zero-order chi connectivity index (χ0) is 8.15. The summed E-state index contributed by atoms with van der Waals surface area (Å²) in [6.45, 7) is 1.76. The van der Waals surface area contributed by atoms with Crippen molar-refractivity contribution in [3.8, 4) is 0 Å². The molecule has 0 aromatic rings. The van der Waals surface area contributed by atoms with Crippen LogP contribution in [0.5, 0.6) is 0 Å². The molecule has 0 aliphatic rings. The summed E-state index contributed by atoms with van der Waals surface area (Å²) in [5, 5.41) is 13.7. The van der Waals surface area contributed by atoms with E-state index in [2.05, 4.69) is 5.10 Å². The zero-order valence-electron chi connectivity index (χ0n) is 6.46. The van der Waals surface area contributed by atoms with E-state index < -0.39 is 5.97 Å². The Morgan fingerprint density at radius 1 is 1.60 bits per heavy atom.